The number of alkyl halides is 3. The molecule has 1 aromatic carbocycles. The van der Waals surface area contributed by atoms with Crippen molar-refractivity contribution < 1.29 is 13.2 Å². The van der Waals surface area contributed by atoms with Gasteiger partial charge in [0.25, 0.3) is 0 Å². The Labute approximate surface area is 67.1 Å². The lowest BCUT2D eigenvalue weighted by Gasteiger charge is -2.05. The van der Waals surface area contributed by atoms with Gasteiger partial charge in [-0.3, -0.25) is 0 Å². The van der Waals surface area contributed by atoms with Crippen molar-refractivity contribution in [3.8, 4) is 6.07 Å². The quantitative estimate of drug-likeness (QED) is 0.551. The van der Waals surface area contributed by atoms with Crippen LogP contribution in [0.3, 0.4) is 0 Å². The first-order valence-corrected chi connectivity index (χ1v) is 3.11. The number of benzene rings is 1. The molecule has 0 aliphatic carbocycles. The third-order valence-electron chi connectivity index (χ3n) is 1.32. The van der Waals surface area contributed by atoms with Crippen molar-refractivity contribution in [3.05, 3.63) is 35.4 Å². The Hall–Kier alpha value is -1.50. The molecule has 0 amide bonds. The first-order chi connectivity index (χ1) is 5.54. The van der Waals surface area contributed by atoms with Gasteiger partial charge < -0.3 is 0 Å². The highest BCUT2D eigenvalue weighted by Gasteiger charge is 2.30. The second-order valence-electron chi connectivity index (χ2n) is 2.19. The van der Waals surface area contributed by atoms with Crippen LogP contribution < -0.4 is 0 Å². The van der Waals surface area contributed by atoms with Gasteiger partial charge in [-0.2, -0.15) is 18.4 Å². The zero-order valence-corrected chi connectivity index (χ0v) is 5.89. The Bertz CT molecular complexity index is 322. The lowest BCUT2D eigenvalue weighted by atomic mass is 10.1. The average molecular weight is 172 g/mol. The second-order valence-corrected chi connectivity index (χ2v) is 2.19. The lowest BCUT2D eigenvalue weighted by Crippen LogP contribution is -2.04. The van der Waals surface area contributed by atoms with Crippen molar-refractivity contribution >= 4 is 0 Å². The number of halogens is 3. The number of hydrogen-bond donors (Lipinski definition) is 0. The van der Waals surface area contributed by atoms with Gasteiger partial charge in [-0.1, -0.05) is 6.07 Å². The number of rotatable bonds is 0. The van der Waals surface area contributed by atoms with E-state index in [0.717, 1.165) is 12.1 Å². The van der Waals surface area contributed by atoms with Gasteiger partial charge in [-0.15, -0.1) is 0 Å². The molecule has 0 unspecified atom stereocenters. The summed E-state index contributed by atoms with van der Waals surface area (Å²) in [7, 11) is 0. The fraction of sp³-hybridized carbons (Fsp3) is 0.125. The lowest BCUT2D eigenvalue weighted by molar-refractivity contribution is -0.137. The Balaban J connectivity index is 3.13. The van der Waals surface area contributed by atoms with Gasteiger partial charge in [-0.05, 0) is 18.2 Å². The summed E-state index contributed by atoms with van der Waals surface area (Å²) in [6.45, 7) is 0. The summed E-state index contributed by atoms with van der Waals surface area (Å²) in [5.74, 6) is 0. The normalized spacial score (nSPS) is 10.8. The molecule has 12 heavy (non-hydrogen) atoms. The van der Waals surface area contributed by atoms with Crippen molar-refractivity contribution in [3.63, 3.8) is 0 Å². The third-order valence-corrected chi connectivity index (χ3v) is 1.32. The van der Waals surface area contributed by atoms with E-state index >= 15 is 0 Å². The van der Waals surface area contributed by atoms with E-state index in [1.54, 1.807) is 6.07 Å². The van der Waals surface area contributed by atoms with Crippen LogP contribution in [0.25, 0.3) is 0 Å². The van der Waals surface area contributed by atoms with Crippen LogP contribution in [0.5, 0.6) is 0 Å². The van der Waals surface area contributed by atoms with Crippen LogP contribution >= 0.6 is 0 Å². The fourth-order valence-corrected chi connectivity index (χ4v) is 0.765. The minimum atomic E-state index is -4.37. The summed E-state index contributed by atoms with van der Waals surface area (Å²) in [5.41, 5.74) is -0.772. The number of hydrogen-bond acceptors (Lipinski definition) is 1. The summed E-state index contributed by atoms with van der Waals surface area (Å²) in [6, 6.07) is 5.93. The molecule has 0 saturated heterocycles. The van der Waals surface area contributed by atoms with Crippen molar-refractivity contribution in [2.75, 3.05) is 0 Å². The van der Waals surface area contributed by atoms with Gasteiger partial charge >= 0.3 is 6.18 Å². The molecule has 4 heteroatoms. The minimum Gasteiger partial charge on any atom is -0.192 e. The predicted octanol–water partition coefficient (Wildman–Crippen LogP) is 2.58. The van der Waals surface area contributed by atoms with Crippen LogP contribution in [0.1, 0.15) is 11.1 Å². The van der Waals surface area contributed by atoms with Gasteiger partial charge in [0.15, 0.2) is 0 Å². The highest BCUT2D eigenvalue weighted by Crippen LogP contribution is 2.29. The van der Waals surface area contributed by atoms with Crippen molar-refractivity contribution in [2.24, 2.45) is 0 Å². The first kappa shape index (κ1) is 8.60. The summed E-state index contributed by atoms with van der Waals surface area (Å²) in [6.07, 6.45) is -4.37. The van der Waals surface area contributed by atoms with E-state index in [1.807, 2.05) is 0 Å². The summed E-state index contributed by atoms with van der Waals surface area (Å²) in [5, 5.41) is 8.31. The highest BCUT2D eigenvalue weighted by molar-refractivity contribution is 5.33. The standard InChI is InChI=1S/C8H4F3N/c9-8(10,11)7-3-1-2-6(4-7)5-12/h1-4H/i12+1. The molecule has 1 aromatic rings. The Morgan fingerprint density at radius 1 is 1.25 bits per heavy atom. The van der Waals surface area contributed by atoms with E-state index in [9.17, 15) is 13.2 Å². The molecule has 0 atom stereocenters. The van der Waals surface area contributed by atoms with Crippen LogP contribution in [0, 0.1) is 11.3 Å². The molecular formula is C8H4F3N. The van der Waals surface area contributed by atoms with E-state index in [0.29, 0.717) is 0 Å². The molecule has 1 rings (SSSR count). The molecular weight excluding hydrogens is 168 g/mol. The SMILES string of the molecule is [15N]#Cc1cccc(C(F)(F)F)c1. The van der Waals surface area contributed by atoms with Crippen LogP contribution in [0.2, 0.25) is 0 Å². The average Bonchev–Trinajstić information content (AvgIpc) is 2.03. The Kier molecular flexibility index (Phi) is 2.05. The summed E-state index contributed by atoms with van der Waals surface area (Å²) in [4.78, 5) is 0. The van der Waals surface area contributed by atoms with Crippen molar-refractivity contribution in [1.29, 1.82) is 5.26 Å². The maximum atomic E-state index is 12.0. The summed E-state index contributed by atoms with van der Waals surface area (Å²) >= 11 is 0. The van der Waals surface area contributed by atoms with Crippen molar-refractivity contribution in [2.45, 2.75) is 6.18 Å². The second kappa shape index (κ2) is 2.86. The highest BCUT2D eigenvalue weighted by atomic mass is 19.4. The molecule has 0 saturated carbocycles. The van der Waals surface area contributed by atoms with Gasteiger partial charge in [0.1, 0.15) is 0 Å². The van der Waals surface area contributed by atoms with Crippen LogP contribution in [-0.4, -0.2) is 0 Å². The molecule has 0 bridgehead atoms. The smallest absolute Gasteiger partial charge is 0.192 e. The molecule has 0 heterocycles. The molecule has 0 radical (unpaired) electrons. The predicted molar refractivity (Wildman–Crippen MR) is 36.2 cm³/mol. The fourth-order valence-electron chi connectivity index (χ4n) is 0.765. The third kappa shape index (κ3) is 1.76. The number of nitriles is 1. The molecule has 0 fully saturated rings. The van der Waals surface area contributed by atoms with Gasteiger partial charge in [-0.25, -0.2) is 0 Å². The first-order valence-electron chi connectivity index (χ1n) is 3.11. The minimum absolute atomic E-state index is 0.0184. The maximum Gasteiger partial charge on any atom is 0.416 e. The molecule has 0 aliphatic heterocycles. The van der Waals surface area contributed by atoms with E-state index in [-0.39, 0.29) is 5.56 Å². The van der Waals surface area contributed by atoms with Gasteiger partial charge in [0.05, 0.1) is 17.2 Å². The van der Waals surface area contributed by atoms with Gasteiger partial charge in [0, 0.05) is 0 Å². The Morgan fingerprint density at radius 2 is 1.92 bits per heavy atom. The monoisotopic (exact) mass is 172 g/mol. The van der Waals surface area contributed by atoms with E-state index in [4.69, 9.17) is 5.26 Å². The maximum absolute atomic E-state index is 12.0. The van der Waals surface area contributed by atoms with E-state index < -0.39 is 11.7 Å². The molecule has 62 valence electrons. The molecule has 0 aromatic heterocycles. The molecule has 1 nitrogen and oxygen atoms in total. The zero-order chi connectivity index (χ0) is 9.19. The van der Waals surface area contributed by atoms with Crippen LogP contribution in [-0.2, 0) is 6.18 Å². The zero-order valence-electron chi connectivity index (χ0n) is 5.89. The van der Waals surface area contributed by atoms with Gasteiger partial charge in [0.2, 0.25) is 0 Å². The largest absolute Gasteiger partial charge is 0.416 e. The topological polar surface area (TPSA) is 23.8 Å². The molecule has 0 aliphatic rings. The summed E-state index contributed by atoms with van der Waals surface area (Å²) < 4.78 is 36.0. The van der Waals surface area contributed by atoms with Crippen LogP contribution in [0.4, 0.5) is 13.2 Å². The van der Waals surface area contributed by atoms with Crippen molar-refractivity contribution in [1.82, 2.24) is 0 Å². The number of nitrogens with zero attached hydrogens (tertiary/aromatic N) is 1. The molecule has 0 N–H and O–H groups in total. The van der Waals surface area contributed by atoms with E-state index in [1.165, 1.54) is 12.1 Å². The van der Waals surface area contributed by atoms with Crippen LogP contribution in [0.15, 0.2) is 24.3 Å². The Morgan fingerprint density at radius 3 is 2.42 bits per heavy atom. The molecule has 0 spiro atoms. The van der Waals surface area contributed by atoms with E-state index in [2.05, 4.69) is 0 Å².